The number of sulfonamides is 1. The van der Waals surface area contributed by atoms with Gasteiger partial charge in [0.1, 0.15) is 4.90 Å². The molecule has 0 spiro atoms. The molecule has 2 heterocycles. The predicted molar refractivity (Wildman–Crippen MR) is 71.7 cm³/mol. The number of nitrogens with zero attached hydrogens (tertiary/aromatic N) is 1. The molecule has 0 saturated carbocycles. The molecule has 1 N–H and O–H groups in total. The topological polar surface area (TPSA) is 93.1 Å². The molecule has 0 bridgehead atoms. The van der Waals surface area contributed by atoms with Crippen molar-refractivity contribution in [3.8, 4) is 11.5 Å². The number of para-hydroxylation sites is 1. The van der Waals surface area contributed by atoms with Gasteiger partial charge in [-0.1, -0.05) is 6.07 Å². The Morgan fingerprint density at radius 1 is 1.38 bits per heavy atom. The van der Waals surface area contributed by atoms with Crippen molar-refractivity contribution in [3.63, 3.8) is 0 Å². The molecule has 114 valence electrons. The molecule has 2 aliphatic rings. The first-order valence-corrected chi connectivity index (χ1v) is 7.91. The van der Waals surface area contributed by atoms with Crippen LogP contribution in [0.5, 0.6) is 11.5 Å². The van der Waals surface area contributed by atoms with Crippen molar-refractivity contribution in [3.05, 3.63) is 18.2 Å². The van der Waals surface area contributed by atoms with Crippen LogP contribution in [-0.2, 0) is 14.8 Å². The van der Waals surface area contributed by atoms with E-state index in [1.165, 1.54) is 10.4 Å². The number of carbonyl (C=O) groups is 1. The Labute approximate surface area is 122 Å². The molecular formula is C13H15NO6S. The van der Waals surface area contributed by atoms with Gasteiger partial charge in [-0.15, -0.1) is 0 Å². The first-order chi connectivity index (χ1) is 9.84. The van der Waals surface area contributed by atoms with E-state index in [9.17, 15) is 18.3 Å². The number of aliphatic carboxylic acids is 1. The highest BCUT2D eigenvalue weighted by atomic mass is 32.2. The van der Waals surface area contributed by atoms with E-state index in [1.807, 2.05) is 0 Å². The largest absolute Gasteiger partial charge is 0.481 e. The molecule has 1 atom stereocenters. The normalized spacial score (nSPS) is 25.2. The third kappa shape index (κ3) is 2.14. The van der Waals surface area contributed by atoms with Crippen LogP contribution in [0.25, 0.3) is 0 Å². The smallest absolute Gasteiger partial charge is 0.310 e. The van der Waals surface area contributed by atoms with Gasteiger partial charge in [0.05, 0.1) is 5.41 Å². The van der Waals surface area contributed by atoms with Crippen molar-refractivity contribution >= 4 is 16.0 Å². The van der Waals surface area contributed by atoms with Crippen molar-refractivity contribution in [2.24, 2.45) is 5.41 Å². The molecule has 1 fully saturated rings. The maximum Gasteiger partial charge on any atom is 0.310 e. The third-order valence-corrected chi connectivity index (χ3v) is 5.80. The Kier molecular flexibility index (Phi) is 3.10. The Balaban J connectivity index is 1.96. The van der Waals surface area contributed by atoms with Gasteiger partial charge in [-0.2, -0.15) is 4.31 Å². The van der Waals surface area contributed by atoms with Gasteiger partial charge in [0.15, 0.2) is 11.5 Å². The van der Waals surface area contributed by atoms with Crippen LogP contribution in [0.3, 0.4) is 0 Å². The summed E-state index contributed by atoms with van der Waals surface area (Å²) in [7, 11) is -3.80. The zero-order valence-electron chi connectivity index (χ0n) is 11.4. The fourth-order valence-electron chi connectivity index (χ4n) is 2.54. The van der Waals surface area contributed by atoms with E-state index in [-0.39, 0.29) is 36.9 Å². The Hall–Kier alpha value is -1.80. The van der Waals surface area contributed by atoms with Gasteiger partial charge in [-0.25, -0.2) is 8.42 Å². The molecule has 1 unspecified atom stereocenters. The number of carboxylic acids is 1. The highest BCUT2D eigenvalue weighted by Crippen LogP contribution is 2.41. The molecule has 0 aliphatic carbocycles. The van der Waals surface area contributed by atoms with Crippen LogP contribution in [0.2, 0.25) is 0 Å². The lowest BCUT2D eigenvalue weighted by Gasteiger charge is -2.20. The first-order valence-electron chi connectivity index (χ1n) is 6.47. The lowest BCUT2D eigenvalue weighted by molar-refractivity contribution is -0.146. The first kappa shape index (κ1) is 14.2. The summed E-state index contributed by atoms with van der Waals surface area (Å²) in [5.41, 5.74) is -1.05. The van der Waals surface area contributed by atoms with Gasteiger partial charge in [0, 0.05) is 13.1 Å². The maximum atomic E-state index is 12.7. The van der Waals surface area contributed by atoms with E-state index in [0.29, 0.717) is 5.75 Å². The summed E-state index contributed by atoms with van der Waals surface area (Å²) in [5.74, 6) is -0.407. The second-order valence-corrected chi connectivity index (χ2v) is 7.35. The number of fused-ring (bicyclic) bond motifs is 1. The van der Waals surface area contributed by atoms with Crippen LogP contribution in [-0.4, -0.2) is 43.7 Å². The van der Waals surface area contributed by atoms with Crippen LogP contribution < -0.4 is 9.47 Å². The number of carboxylic acid groups (broad SMARTS) is 1. The van der Waals surface area contributed by atoms with Crippen LogP contribution in [0, 0.1) is 5.41 Å². The molecule has 21 heavy (non-hydrogen) atoms. The average Bonchev–Trinajstić information content (AvgIpc) is 3.05. The molecule has 0 radical (unpaired) electrons. The summed E-state index contributed by atoms with van der Waals surface area (Å²) < 4.78 is 37.0. The summed E-state index contributed by atoms with van der Waals surface area (Å²) in [6, 6.07) is 4.65. The van der Waals surface area contributed by atoms with Crippen molar-refractivity contribution in [1.82, 2.24) is 4.31 Å². The molecule has 0 aromatic heterocycles. The Morgan fingerprint density at radius 2 is 2.14 bits per heavy atom. The molecule has 1 aromatic rings. The van der Waals surface area contributed by atoms with Crippen LogP contribution in [0.15, 0.2) is 23.1 Å². The SMILES string of the molecule is CC1(C(=O)O)CCN(S(=O)(=O)c2cccc3c2OCO3)C1. The minimum atomic E-state index is -3.80. The molecule has 3 rings (SSSR count). The van der Waals surface area contributed by atoms with E-state index in [0.717, 1.165) is 0 Å². The van der Waals surface area contributed by atoms with Gasteiger partial charge in [-0.3, -0.25) is 4.79 Å². The summed E-state index contributed by atoms with van der Waals surface area (Å²) in [4.78, 5) is 11.3. The van der Waals surface area contributed by atoms with Gasteiger partial charge >= 0.3 is 5.97 Å². The van der Waals surface area contributed by atoms with E-state index >= 15 is 0 Å². The predicted octanol–water partition coefficient (Wildman–Crippen LogP) is 0.901. The monoisotopic (exact) mass is 313 g/mol. The van der Waals surface area contributed by atoms with Gasteiger partial charge < -0.3 is 14.6 Å². The van der Waals surface area contributed by atoms with Crippen molar-refractivity contribution in [2.45, 2.75) is 18.2 Å². The molecule has 0 amide bonds. The summed E-state index contributed by atoms with van der Waals surface area (Å²) >= 11 is 0. The second-order valence-electron chi connectivity index (χ2n) is 5.44. The second kappa shape index (κ2) is 4.60. The fraction of sp³-hybridized carbons (Fsp3) is 0.462. The van der Waals surface area contributed by atoms with Gasteiger partial charge in [0.2, 0.25) is 16.8 Å². The molecular weight excluding hydrogens is 298 g/mol. The van der Waals surface area contributed by atoms with Gasteiger partial charge in [-0.05, 0) is 25.5 Å². The number of ether oxygens (including phenoxy) is 2. The number of benzene rings is 1. The summed E-state index contributed by atoms with van der Waals surface area (Å²) in [6.07, 6.45) is 0.286. The van der Waals surface area contributed by atoms with E-state index in [4.69, 9.17) is 9.47 Å². The average molecular weight is 313 g/mol. The lowest BCUT2D eigenvalue weighted by atomic mass is 9.90. The van der Waals surface area contributed by atoms with Crippen LogP contribution >= 0.6 is 0 Å². The minimum Gasteiger partial charge on any atom is -0.481 e. The number of hydrogen-bond donors (Lipinski definition) is 1. The Morgan fingerprint density at radius 3 is 2.81 bits per heavy atom. The quantitative estimate of drug-likeness (QED) is 0.891. The third-order valence-electron chi connectivity index (χ3n) is 3.93. The van der Waals surface area contributed by atoms with Crippen molar-refractivity contribution < 1.29 is 27.8 Å². The minimum absolute atomic E-state index is 0.0191. The molecule has 1 saturated heterocycles. The zero-order chi connectivity index (χ0) is 15.3. The molecule has 1 aromatic carbocycles. The van der Waals surface area contributed by atoms with Crippen molar-refractivity contribution in [2.75, 3.05) is 19.9 Å². The lowest BCUT2D eigenvalue weighted by Crippen LogP contribution is -2.35. The zero-order valence-corrected chi connectivity index (χ0v) is 12.2. The fourth-order valence-corrected chi connectivity index (χ4v) is 4.25. The highest BCUT2D eigenvalue weighted by molar-refractivity contribution is 7.89. The maximum absolute atomic E-state index is 12.7. The summed E-state index contributed by atoms with van der Waals surface area (Å²) in [5, 5.41) is 9.22. The molecule has 7 nitrogen and oxygen atoms in total. The van der Waals surface area contributed by atoms with E-state index in [1.54, 1.807) is 19.1 Å². The summed E-state index contributed by atoms with van der Waals surface area (Å²) in [6.45, 7) is 1.67. The molecule has 8 heteroatoms. The Bertz CT molecular complexity index is 701. The standard InChI is InChI=1S/C13H15NO6S/c1-13(12(15)16)5-6-14(7-13)21(17,18)10-4-2-3-9-11(10)20-8-19-9/h2-4H,5-8H2,1H3,(H,15,16). The number of rotatable bonds is 3. The molecule has 2 aliphatic heterocycles. The van der Waals surface area contributed by atoms with Crippen LogP contribution in [0.1, 0.15) is 13.3 Å². The number of hydrogen-bond acceptors (Lipinski definition) is 5. The van der Waals surface area contributed by atoms with Crippen LogP contribution in [0.4, 0.5) is 0 Å². The van der Waals surface area contributed by atoms with Crippen molar-refractivity contribution in [1.29, 1.82) is 0 Å². The highest BCUT2D eigenvalue weighted by Gasteiger charge is 2.45. The van der Waals surface area contributed by atoms with Gasteiger partial charge in [0.25, 0.3) is 0 Å². The van der Waals surface area contributed by atoms with E-state index in [2.05, 4.69) is 0 Å². The van der Waals surface area contributed by atoms with E-state index < -0.39 is 21.4 Å².